The first kappa shape index (κ1) is 22.2. The van der Waals surface area contributed by atoms with E-state index in [9.17, 15) is 24.5 Å². The summed E-state index contributed by atoms with van der Waals surface area (Å²) in [6.45, 7) is 2.96. The number of nitro groups is 1. The van der Waals surface area contributed by atoms with Gasteiger partial charge in [0.2, 0.25) is 5.75 Å². The molecule has 0 saturated heterocycles. The summed E-state index contributed by atoms with van der Waals surface area (Å²) in [6, 6.07) is 8.77. The summed E-state index contributed by atoms with van der Waals surface area (Å²) in [4.78, 5) is 49.3. The molecule has 1 heterocycles. The smallest absolute Gasteiger partial charge is 0.349 e. The van der Waals surface area contributed by atoms with Crippen LogP contribution in [0.15, 0.2) is 51.1 Å². The molecule has 2 aromatic carbocycles. The van der Waals surface area contributed by atoms with Crippen molar-refractivity contribution in [2.24, 2.45) is 5.10 Å². The summed E-state index contributed by atoms with van der Waals surface area (Å²) in [6.07, 6.45) is -0.298. The van der Waals surface area contributed by atoms with E-state index in [1.807, 2.05) is 0 Å². The summed E-state index contributed by atoms with van der Waals surface area (Å²) in [5.74, 6) is -1.76. The van der Waals surface area contributed by atoms with Gasteiger partial charge in [-0.15, -0.1) is 4.68 Å². The van der Waals surface area contributed by atoms with Crippen molar-refractivity contribution < 1.29 is 24.3 Å². The van der Waals surface area contributed by atoms with E-state index in [2.05, 4.69) is 10.1 Å². The highest BCUT2D eigenvalue weighted by atomic mass is 16.6. The van der Waals surface area contributed by atoms with Gasteiger partial charge in [-0.05, 0) is 32.0 Å². The van der Waals surface area contributed by atoms with Crippen LogP contribution in [0.4, 0.5) is 5.69 Å². The molecule has 0 aliphatic heterocycles. The first-order chi connectivity index (χ1) is 15.2. The zero-order chi connectivity index (χ0) is 23.4. The fourth-order valence-electron chi connectivity index (χ4n) is 2.81. The van der Waals surface area contributed by atoms with Crippen molar-refractivity contribution in [3.8, 4) is 11.5 Å². The number of aromatic amines is 1. The molecule has 0 aliphatic carbocycles. The Bertz CT molecular complexity index is 1340. The Morgan fingerprint density at radius 1 is 1.34 bits per heavy atom. The van der Waals surface area contributed by atoms with Gasteiger partial charge in [-0.3, -0.25) is 14.9 Å². The lowest BCUT2D eigenvalue weighted by atomic mass is 10.1. The van der Waals surface area contributed by atoms with E-state index in [4.69, 9.17) is 14.6 Å². The SMILES string of the molecule is CCOc1cc(C=Nn2c(=O)[nH]c3ccccc3c2=O)cc([N+](=O)[O-])c1O[C@@H](C)C(=O)O. The van der Waals surface area contributed by atoms with E-state index in [0.717, 1.165) is 12.3 Å². The molecule has 2 N–H and O–H groups in total. The monoisotopic (exact) mass is 442 g/mol. The van der Waals surface area contributed by atoms with Crippen molar-refractivity contribution in [2.45, 2.75) is 20.0 Å². The van der Waals surface area contributed by atoms with Crippen molar-refractivity contribution in [3.05, 3.63) is 72.9 Å². The number of hydrogen-bond donors (Lipinski definition) is 2. The predicted molar refractivity (Wildman–Crippen MR) is 114 cm³/mol. The van der Waals surface area contributed by atoms with Crippen molar-refractivity contribution >= 4 is 28.8 Å². The van der Waals surface area contributed by atoms with E-state index in [0.29, 0.717) is 10.2 Å². The highest BCUT2D eigenvalue weighted by Gasteiger charge is 2.26. The number of aliphatic carboxylic acids is 1. The molecule has 0 fully saturated rings. The van der Waals surface area contributed by atoms with E-state index in [1.54, 1.807) is 25.1 Å². The molecule has 12 nitrogen and oxygen atoms in total. The van der Waals surface area contributed by atoms with Crippen LogP contribution in [-0.4, -0.2) is 44.6 Å². The number of benzene rings is 2. The Kier molecular flexibility index (Phi) is 6.33. The number of nitrogens with one attached hydrogen (secondary N) is 1. The number of ether oxygens (including phenoxy) is 2. The van der Waals surface area contributed by atoms with Crippen LogP contribution in [0.1, 0.15) is 19.4 Å². The Balaban J connectivity index is 2.11. The fourth-order valence-corrected chi connectivity index (χ4v) is 2.81. The van der Waals surface area contributed by atoms with Gasteiger partial charge in [0.25, 0.3) is 5.56 Å². The normalized spacial score (nSPS) is 12.1. The lowest BCUT2D eigenvalue weighted by Crippen LogP contribution is -2.32. The lowest BCUT2D eigenvalue weighted by Gasteiger charge is -2.15. The molecule has 0 saturated carbocycles. The number of fused-ring (bicyclic) bond motifs is 1. The van der Waals surface area contributed by atoms with Crippen LogP contribution in [0.25, 0.3) is 10.9 Å². The number of aromatic nitrogens is 2. The maximum Gasteiger partial charge on any atom is 0.349 e. The number of rotatable bonds is 8. The standard InChI is InChI=1S/C20H18N4O8/c1-3-31-16-9-12(8-15(24(29)30)17(16)32-11(2)19(26)27)10-21-23-18(25)13-6-4-5-7-14(13)22-20(23)28/h4-11H,3H2,1-2H3,(H,22,28)(H,26,27)/t11-/m0/s1. The average molecular weight is 442 g/mol. The zero-order valence-corrected chi connectivity index (χ0v) is 17.0. The molecule has 0 radical (unpaired) electrons. The summed E-state index contributed by atoms with van der Waals surface area (Å²) in [5.41, 5.74) is -1.56. The van der Waals surface area contributed by atoms with Crippen LogP contribution >= 0.6 is 0 Å². The second-order valence-corrected chi connectivity index (χ2v) is 6.49. The van der Waals surface area contributed by atoms with Crippen LogP contribution in [0, 0.1) is 10.1 Å². The van der Waals surface area contributed by atoms with Gasteiger partial charge in [0.05, 0.1) is 28.6 Å². The second kappa shape index (κ2) is 9.12. The third kappa shape index (κ3) is 4.48. The molecule has 1 atom stereocenters. The third-order valence-corrected chi connectivity index (χ3v) is 4.30. The maximum absolute atomic E-state index is 12.6. The minimum atomic E-state index is -1.37. The molecule has 3 rings (SSSR count). The van der Waals surface area contributed by atoms with Crippen molar-refractivity contribution in [3.63, 3.8) is 0 Å². The molecule has 0 bridgehead atoms. The molecule has 1 aromatic heterocycles. The van der Waals surface area contributed by atoms with Gasteiger partial charge >= 0.3 is 17.3 Å². The molecule has 32 heavy (non-hydrogen) atoms. The number of hydrogen-bond acceptors (Lipinski definition) is 8. The highest BCUT2D eigenvalue weighted by molar-refractivity contribution is 5.84. The Morgan fingerprint density at radius 3 is 2.72 bits per heavy atom. The number of carboxylic acids is 1. The van der Waals surface area contributed by atoms with Crippen LogP contribution in [-0.2, 0) is 4.79 Å². The summed E-state index contributed by atoms with van der Waals surface area (Å²) in [7, 11) is 0. The average Bonchev–Trinajstić information content (AvgIpc) is 2.74. The van der Waals surface area contributed by atoms with Crippen molar-refractivity contribution in [1.82, 2.24) is 9.66 Å². The fraction of sp³-hybridized carbons (Fsp3) is 0.200. The van der Waals surface area contributed by atoms with E-state index >= 15 is 0 Å². The molecule has 3 aromatic rings. The Labute approximate surface area is 179 Å². The van der Waals surface area contributed by atoms with E-state index in [1.165, 1.54) is 19.1 Å². The van der Waals surface area contributed by atoms with Gasteiger partial charge in [-0.1, -0.05) is 12.1 Å². The maximum atomic E-state index is 12.6. The predicted octanol–water partition coefficient (Wildman–Crippen LogP) is 1.73. The van der Waals surface area contributed by atoms with Gasteiger partial charge in [0.15, 0.2) is 11.9 Å². The molecule has 0 unspecified atom stereocenters. The summed E-state index contributed by atoms with van der Waals surface area (Å²) < 4.78 is 11.2. The molecule has 12 heteroatoms. The Morgan fingerprint density at radius 2 is 2.06 bits per heavy atom. The van der Waals surface area contributed by atoms with Gasteiger partial charge in [0, 0.05) is 11.6 Å². The quantitative estimate of drug-likeness (QED) is 0.302. The number of carboxylic acid groups (broad SMARTS) is 1. The molecule has 166 valence electrons. The zero-order valence-electron chi connectivity index (χ0n) is 17.0. The molecule has 0 spiro atoms. The summed E-state index contributed by atoms with van der Waals surface area (Å²) in [5, 5.41) is 24.7. The topological polar surface area (TPSA) is 166 Å². The van der Waals surface area contributed by atoms with Crippen LogP contribution in [0.5, 0.6) is 11.5 Å². The number of para-hydroxylation sites is 1. The van der Waals surface area contributed by atoms with Gasteiger partial charge in [0.1, 0.15) is 0 Å². The molecular formula is C20H18N4O8. The number of carbonyl (C=O) groups is 1. The Hall–Kier alpha value is -4.48. The van der Waals surface area contributed by atoms with Crippen LogP contribution < -0.4 is 20.7 Å². The first-order valence-corrected chi connectivity index (χ1v) is 9.36. The summed E-state index contributed by atoms with van der Waals surface area (Å²) >= 11 is 0. The number of nitro benzene ring substituents is 1. The minimum absolute atomic E-state index is 0.0870. The molecular weight excluding hydrogens is 424 g/mol. The first-order valence-electron chi connectivity index (χ1n) is 9.36. The minimum Gasteiger partial charge on any atom is -0.490 e. The lowest BCUT2D eigenvalue weighted by molar-refractivity contribution is -0.386. The largest absolute Gasteiger partial charge is 0.490 e. The van der Waals surface area contributed by atoms with E-state index in [-0.39, 0.29) is 29.1 Å². The highest BCUT2D eigenvalue weighted by Crippen LogP contribution is 2.39. The number of H-pyrrole nitrogens is 1. The molecule has 0 amide bonds. The van der Waals surface area contributed by atoms with E-state index < -0.39 is 33.9 Å². The van der Waals surface area contributed by atoms with Gasteiger partial charge in [-0.2, -0.15) is 5.10 Å². The van der Waals surface area contributed by atoms with Crippen LogP contribution in [0.2, 0.25) is 0 Å². The number of nitrogens with zero attached hydrogens (tertiary/aromatic N) is 3. The third-order valence-electron chi connectivity index (χ3n) is 4.30. The van der Waals surface area contributed by atoms with Crippen molar-refractivity contribution in [2.75, 3.05) is 6.61 Å². The molecule has 0 aliphatic rings. The van der Waals surface area contributed by atoms with Gasteiger partial charge < -0.3 is 19.6 Å². The van der Waals surface area contributed by atoms with Gasteiger partial charge in [-0.25, -0.2) is 9.59 Å². The van der Waals surface area contributed by atoms with Crippen LogP contribution in [0.3, 0.4) is 0 Å². The van der Waals surface area contributed by atoms with Crippen molar-refractivity contribution in [1.29, 1.82) is 0 Å². The second-order valence-electron chi connectivity index (χ2n) is 6.49.